The molecule has 0 bridgehead atoms. The molecule has 2 atom stereocenters. The first-order valence-corrected chi connectivity index (χ1v) is 9.03. The number of hydrogen-bond acceptors (Lipinski definition) is 7. The van der Waals surface area contributed by atoms with Gasteiger partial charge in [0.15, 0.2) is 0 Å². The second-order valence-corrected chi connectivity index (χ2v) is 6.75. The fraction of sp³-hybridized carbons (Fsp3) is 0.150. The number of nitrogen functional groups attached to an aromatic ring is 1. The van der Waals surface area contributed by atoms with Gasteiger partial charge >= 0.3 is 0 Å². The average molecular weight is 391 g/mol. The Hall–Kier alpha value is -3.72. The van der Waals surface area contributed by atoms with Gasteiger partial charge in [-0.25, -0.2) is 14.4 Å². The summed E-state index contributed by atoms with van der Waals surface area (Å²) in [5, 5.41) is 3.23. The van der Waals surface area contributed by atoms with Crippen LogP contribution < -0.4 is 15.5 Å². The van der Waals surface area contributed by atoms with Crippen LogP contribution in [0.2, 0.25) is 0 Å². The van der Waals surface area contributed by atoms with Gasteiger partial charge in [-0.05, 0) is 31.5 Å². The molecule has 3 heterocycles. The molecule has 0 saturated carbocycles. The molecule has 1 aromatic carbocycles. The Labute approximate surface area is 167 Å². The van der Waals surface area contributed by atoms with E-state index in [4.69, 9.17) is 5.73 Å². The second kappa shape index (κ2) is 7.36. The summed E-state index contributed by atoms with van der Waals surface area (Å²) in [5.74, 6) is 1.58. The lowest BCUT2D eigenvalue weighted by atomic mass is 10.1. The van der Waals surface area contributed by atoms with Crippen molar-refractivity contribution in [1.29, 1.82) is 0 Å². The third-order valence-electron chi connectivity index (χ3n) is 4.59. The highest BCUT2D eigenvalue weighted by Crippen LogP contribution is 2.35. The van der Waals surface area contributed by atoms with Gasteiger partial charge in [-0.2, -0.15) is 14.5 Å². The summed E-state index contributed by atoms with van der Waals surface area (Å²) in [5.41, 5.74) is 7.80. The largest absolute Gasteiger partial charge is 0.383 e. The molecule has 146 valence electrons. The fourth-order valence-corrected chi connectivity index (χ4v) is 3.13. The number of benzene rings is 1. The molecule has 0 spiro atoms. The van der Waals surface area contributed by atoms with Gasteiger partial charge in [0, 0.05) is 6.20 Å². The first-order valence-electron chi connectivity index (χ1n) is 9.03. The summed E-state index contributed by atoms with van der Waals surface area (Å²) >= 11 is 0. The van der Waals surface area contributed by atoms with Crippen LogP contribution in [0.5, 0.6) is 0 Å². The first-order chi connectivity index (χ1) is 14.0. The van der Waals surface area contributed by atoms with Crippen LogP contribution in [0.15, 0.2) is 65.8 Å². The van der Waals surface area contributed by atoms with Crippen LogP contribution in [0.1, 0.15) is 25.5 Å². The lowest BCUT2D eigenvalue weighted by Gasteiger charge is -2.24. The number of nitrogens with zero attached hydrogens (tertiary/aromatic N) is 6. The minimum absolute atomic E-state index is 0.0476. The molecule has 3 N–H and O–H groups in total. The van der Waals surface area contributed by atoms with Crippen molar-refractivity contribution in [3.63, 3.8) is 0 Å². The monoisotopic (exact) mass is 391 g/mol. The normalized spacial score (nSPS) is 19.1. The van der Waals surface area contributed by atoms with E-state index in [1.165, 1.54) is 12.1 Å². The highest BCUT2D eigenvalue weighted by molar-refractivity contribution is 5.86. The molecule has 0 aliphatic carbocycles. The third kappa shape index (κ3) is 3.67. The lowest BCUT2D eigenvalue weighted by Crippen LogP contribution is -2.37. The maximum atomic E-state index is 13.2. The Bertz CT molecular complexity index is 1080. The van der Waals surface area contributed by atoms with Crippen molar-refractivity contribution >= 4 is 29.7 Å². The van der Waals surface area contributed by atoms with Crippen molar-refractivity contribution in [1.82, 2.24) is 24.4 Å². The maximum Gasteiger partial charge on any atom is 0.263 e. The minimum atomic E-state index is -0.283. The van der Waals surface area contributed by atoms with Gasteiger partial charge in [0.2, 0.25) is 12.3 Å². The fourth-order valence-electron chi connectivity index (χ4n) is 3.13. The van der Waals surface area contributed by atoms with E-state index >= 15 is 0 Å². The number of quaternary nitrogens is 1. The third-order valence-corrected chi connectivity index (χ3v) is 4.59. The van der Waals surface area contributed by atoms with Gasteiger partial charge in [0.1, 0.15) is 24.0 Å². The number of allylic oxidation sites excluding steroid dienone is 1. The molecule has 3 aromatic rings. The molecule has 8 nitrogen and oxygen atoms in total. The second-order valence-electron chi connectivity index (χ2n) is 6.75. The lowest BCUT2D eigenvalue weighted by molar-refractivity contribution is 0.626. The Morgan fingerprint density at radius 3 is 2.55 bits per heavy atom. The van der Waals surface area contributed by atoms with Gasteiger partial charge in [-0.15, -0.1) is 0 Å². The summed E-state index contributed by atoms with van der Waals surface area (Å²) < 4.78 is 13.2. The highest BCUT2D eigenvalue weighted by Gasteiger charge is 2.38. The molecule has 4 rings (SSSR count). The molecule has 0 saturated heterocycles. The first kappa shape index (κ1) is 18.6. The molecule has 1 unspecified atom stereocenters. The predicted octanol–water partition coefficient (Wildman–Crippen LogP) is 3.70. The van der Waals surface area contributed by atoms with E-state index < -0.39 is 0 Å². The summed E-state index contributed by atoms with van der Waals surface area (Å²) in [6.07, 6.45) is 8.53. The summed E-state index contributed by atoms with van der Waals surface area (Å²) in [4.78, 5) is 22.0. The minimum Gasteiger partial charge on any atom is -0.383 e. The van der Waals surface area contributed by atoms with E-state index in [0.29, 0.717) is 23.4 Å². The topological polar surface area (TPSA) is 102 Å². The molecular formula is C20H20FN8+. The number of hydrogen-bond donors (Lipinski definition) is 2. The molecule has 1 aliphatic heterocycles. The van der Waals surface area contributed by atoms with Gasteiger partial charge in [-0.1, -0.05) is 12.1 Å². The smallest absolute Gasteiger partial charge is 0.263 e. The molecular weight excluding hydrogens is 371 g/mol. The van der Waals surface area contributed by atoms with Crippen LogP contribution in [0.3, 0.4) is 0 Å². The molecule has 0 amide bonds. The van der Waals surface area contributed by atoms with Crippen molar-refractivity contribution in [3.05, 3.63) is 72.2 Å². The van der Waals surface area contributed by atoms with Gasteiger partial charge in [-0.3, -0.25) is 4.98 Å². The average Bonchev–Trinajstić information content (AvgIpc) is 3.12. The summed E-state index contributed by atoms with van der Waals surface area (Å²) in [6.45, 7) is 3.83. The van der Waals surface area contributed by atoms with E-state index in [1.54, 1.807) is 43.1 Å². The van der Waals surface area contributed by atoms with Gasteiger partial charge in [0.25, 0.3) is 11.6 Å². The summed E-state index contributed by atoms with van der Waals surface area (Å²) in [6, 6.07) is 7.80. The molecule has 9 heteroatoms. The van der Waals surface area contributed by atoms with Crippen LogP contribution >= 0.6 is 0 Å². The Balaban J connectivity index is 1.72. The van der Waals surface area contributed by atoms with Crippen LogP contribution in [0, 0.1) is 5.82 Å². The van der Waals surface area contributed by atoms with Crippen molar-refractivity contribution in [2.75, 3.05) is 11.1 Å². The zero-order valence-electron chi connectivity index (χ0n) is 16.0. The van der Waals surface area contributed by atoms with Gasteiger partial charge < -0.3 is 11.1 Å². The van der Waals surface area contributed by atoms with E-state index in [2.05, 4.69) is 30.2 Å². The molecule has 0 fully saturated rings. The molecule has 29 heavy (non-hydrogen) atoms. The molecule has 0 radical (unpaired) electrons. The number of aliphatic imine (C=N–C) groups is 1. The molecule has 1 aliphatic rings. The predicted molar refractivity (Wildman–Crippen MR) is 111 cm³/mol. The van der Waals surface area contributed by atoms with E-state index in [1.807, 2.05) is 20.0 Å². The quantitative estimate of drug-likeness (QED) is 0.643. The standard InChI is InChI=1S/C20H20FN8/c1-13-11-29(12-25-13,19-10-23-7-8-24-19)18-9-17(22)27-20(28-18)26-14(2)15-3-5-16(21)6-4-15/h3-12,14H,1-2H3,(H3,22,26,27,28)/q+1/t14?,29-/m0/s1. The Morgan fingerprint density at radius 2 is 1.90 bits per heavy atom. The van der Waals surface area contributed by atoms with Crippen molar-refractivity contribution in [2.24, 2.45) is 4.99 Å². The van der Waals surface area contributed by atoms with Crippen LogP contribution in [-0.4, -0.2) is 26.3 Å². The van der Waals surface area contributed by atoms with Crippen LogP contribution in [-0.2, 0) is 0 Å². The Morgan fingerprint density at radius 1 is 1.10 bits per heavy atom. The number of halogens is 1. The van der Waals surface area contributed by atoms with E-state index in [9.17, 15) is 4.39 Å². The number of rotatable bonds is 5. The Kier molecular flexibility index (Phi) is 4.73. The number of anilines is 2. The zero-order valence-corrected chi connectivity index (χ0v) is 16.0. The van der Waals surface area contributed by atoms with Crippen molar-refractivity contribution in [2.45, 2.75) is 19.9 Å². The van der Waals surface area contributed by atoms with Crippen molar-refractivity contribution in [3.8, 4) is 0 Å². The van der Waals surface area contributed by atoms with Crippen LogP contribution in [0.25, 0.3) is 0 Å². The SMILES string of the molecule is CC1=C[N@@+](c2cnccn2)(c2cc(N)nc(NC(C)c3ccc(F)cc3)n2)C=N1. The highest BCUT2D eigenvalue weighted by atomic mass is 19.1. The zero-order chi connectivity index (χ0) is 20.4. The van der Waals surface area contributed by atoms with E-state index in [0.717, 1.165) is 11.3 Å². The number of aromatic nitrogens is 4. The summed E-state index contributed by atoms with van der Waals surface area (Å²) in [7, 11) is 0. The molecule has 2 aromatic heterocycles. The van der Waals surface area contributed by atoms with Gasteiger partial charge in [0.05, 0.1) is 24.0 Å². The van der Waals surface area contributed by atoms with Crippen molar-refractivity contribution < 1.29 is 4.39 Å². The maximum absolute atomic E-state index is 13.2. The van der Waals surface area contributed by atoms with Crippen LogP contribution in [0.4, 0.5) is 27.8 Å². The number of nitrogens with one attached hydrogen (secondary N) is 1. The number of nitrogens with two attached hydrogens (primary N) is 1. The van der Waals surface area contributed by atoms with E-state index in [-0.39, 0.29) is 16.3 Å².